The Morgan fingerprint density at radius 2 is 2.19 bits per heavy atom. The lowest BCUT2D eigenvalue weighted by Crippen LogP contribution is -2.06. The number of hydrogen-bond acceptors (Lipinski definition) is 3. The number of rotatable bonds is 2. The highest BCUT2D eigenvalue weighted by Gasteiger charge is 2.14. The summed E-state index contributed by atoms with van der Waals surface area (Å²) in [4.78, 5) is 24.5. The van der Waals surface area contributed by atoms with Crippen molar-refractivity contribution in [3.8, 4) is 0 Å². The summed E-state index contributed by atoms with van der Waals surface area (Å²) in [5, 5.41) is 8.48. The van der Waals surface area contributed by atoms with Gasteiger partial charge in [0.25, 0.3) is 0 Å². The van der Waals surface area contributed by atoms with Gasteiger partial charge in [-0.15, -0.1) is 0 Å². The molecule has 0 aliphatic rings. The summed E-state index contributed by atoms with van der Waals surface area (Å²) in [6.45, 7) is -1.23. The molecule has 106 valence electrons. The fraction of sp³-hybridized carbons (Fsp3) is 0.176. The molecule has 0 fully saturated rings. The van der Waals surface area contributed by atoms with Crippen LogP contribution in [0.5, 0.6) is 0 Å². The van der Waals surface area contributed by atoms with Gasteiger partial charge in [-0.1, -0.05) is 18.2 Å². The molecule has 0 atom stereocenters. The number of aliphatic carboxylic acids is 1. The summed E-state index contributed by atoms with van der Waals surface area (Å²) in [7, 11) is 0. The lowest BCUT2D eigenvalue weighted by Gasteiger charge is -2.08. The van der Waals surface area contributed by atoms with Crippen LogP contribution in [0.4, 0.5) is 0 Å². The third-order valence-electron chi connectivity index (χ3n) is 3.10. The molecule has 0 unspecified atom stereocenters. The van der Waals surface area contributed by atoms with Crippen LogP contribution in [0.15, 0.2) is 39.5 Å². The van der Waals surface area contributed by atoms with Crippen LogP contribution in [0, 0.1) is 13.8 Å². The molecule has 3 aromatic rings. The first-order chi connectivity index (χ1) is 13.2. The quantitative estimate of drug-likeness (QED) is 0.736. The van der Waals surface area contributed by atoms with Crippen LogP contribution in [0.2, 0.25) is 0 Å². The summed E-state index contributed by atoms with van der Waals surface area (Å²) in [6.07, 6.45) is -3.23. The van der Waals surface area contributed by atoms with Crippen molar-refractivity contribution in [2.75, 3.05) is 0 Å². The van der Waals surface area contributed by atoms with Gasteiger partial charge in [-0.05, 0) is 37.0 Å². The second kappa shape index (κ2) is 4.74. The minimum atomic E-state index is -3.23. The summed E-state index contributed by atoms with van der Waals surface area (Å²) >= 11 is 0. The van der Waals surface area contributed by atoms with Crippen LogP contribution in [0.3, 0.4) is 0 Å². The first-order valence-electron chi connectivity index (χ1n) is 9.95. The molecule has 0 saturated heterocycles. The van der Waals surface area contributed by atoms with Crippen LogP contribution >= 0.6 is 0 Å². The number of benzene rings is 2. The van der Waals surface area contributed by atoms with Crippen LogP contribution in [0.1, 0.15) is 27.7 Å². The Kier molecular flexibility index (Phi) is 1.55. The number of hydrogen-bond donors (Lipinski definition) is 1. The van der Waals surface area contributed by atoms with Crippen molar-refractivity contribution in [3.63, 3.8) is 0 Å². The number of carbonyl (C=O) groups is 1. The van der Waals surface area contributed by atoms with Gasteiger partial charge in [0, 0.05) is 12.4 Å². The molecule has 1 N–H and O–H groups in total. The van der Waals surface area contributed by atoms with E-state index in [1.807, 2.05) is 0 Å². The monoisotopic (exact) mass is 290 g/mol. The highest BCUT2D eigenvalue weighted by molar-refractivity contribution is 5.93. The van der Waals surface area contributed by atoms with Crippen molar-refractivity contribution in [3.05, 3.63) is 57.2 Å². The van der Waals surface area contributed by atoms with E-state index in [0.717, 1.165) is 0 Å². The summed E-state index contributed by atoms with van der Waals surface area (Å²) in [5.41, 5.74) is -3.01. The molecule has 4 heteroatoms. The number of carboxylic acid groups (broad SMARTS) is 1. The Balaban J connectivity index is 2.73. The molecule has 1 heterocycles. The molecule has 21 heavy (non-hydrogen) atoms. The predicted octanol–water partition coefficient (Wildman–Crippen LogP) is 3.19. The standard InChI is InChI=1S/C17H14O4/c1-9-6-7-13-15(20)12-5-3-4-11(8-14(18)19)17(12)21-16(13)10(9)2/h3-7H,8H2,1-2H3,(H,18,19)/i2D3,3D,4D,5D,8D2. The summed E-state index contributed by atoms with van der Waals surface area (Å²) < 4.78 is 68.3. The van der Waals surface area contributed by atoms with E-state index in [9.17, 15) is 14.7 Å². The third-order valence-corrected chi connectivity index (χ3v) is 3.10. The van der Waals surface area contributed by atoms with E-state index in [1.54, 1.807) is 0 Å². The maximum absolute atomic E-state index is 13.0. The molecule has 0 saturated carbocycles. The molecule has 3 rings (SSSR count). The molecule has 4 nitrogen and oxygen atoms in total. The number of aryl methyl sites for hydroxylation is 2. The van der Waals surface area contributed by atoms with Crippen molar-refractivity contribution in [1.82, 2.24) is 0 Å². The van der Waals surface area contributed by atoms with E-state index >= 15 is 0 Å². The molecule has 0 spiro atoms. The van der Waals surface area contributed by atoms with Crippen molar-refractivity contribution >= 4 is 27.9 Å². The minimum absolute atomic E-state index is 0.207. The molecule has 0 aliphatic heterocycles. The second-order valence-corrected chi connectivity index (χ2v) is 4.45. The SMILES string of the molecule is [2H]c1c([2H])c([2H])c2c(=O)c3ccc(C)c(C([2H])([2H])[2H])c3oc2c1C([2H])([2H])C(=O)O. The third kappa shape index (κ3) is 2.09. The molecule has 2 aromatic carbocycles. The summed E-state index contributed by atoms with van der Waals surface area (Å²) in [6, 6.07) is 0.164. The van der Waals surface area contributed by atoms with Gasteiger partial charge in [0.2, 0.25) is 5.43 Å². The summed E-state index contributed by atoms with van der Waals surface area (Å²) in [5.74, 6) is -1.99. The van der Waals surface area contributed by atoms with Gasteiger partial charge in [-0.25, -0.2) is 0 Å². The van der Waals surface area contributed by atoms with Crippen LogP contribution in [-0.2, 0) is 11.2 Å². The smallest absolute Gasteiger partial charge is 0.307 e. The van der Waals surface area contributed by atoms with E-state index in [1.165, 1.54) is 19.1 Å². The average molecular weight is 290 g/mol. The van der Waals surface area contributed by atoms with Gasteiger partial charge >= 0.3 is 5.97 Å². The van der Waals surface area contributed by atoms with Crippen LogP contribution < -0.4 is 5.43 Å². The van der Waals surface area contributed by atoms with Gasteiger partial charge in [0.15, 0.2) is 0 Å². The fourth-order valence-electron chi connectivity index (χ4n) is 2.05. The van der Waals surface area contributed by atoms with Crippen molar-refractivity contribution in [2.45, 2.75) is 20.1 Å². The molecule has 0 aliphatic carbocycles. The maximum atomic E-state index is 13.0. The molecule has 1 aromatic heterocycles. The topological polar surface area (TPSA) is 67.5 Å². The van der Waals surface area contributed by atoms with Gasteiger partial charge in [-0.3, -0.25) is 9.59 Å². The zero-order valence-corrected chi connectivity index (χ0v) is 10.8. The minimum Gasteiger partial charge on any atom is -0.481 e. The second-order valence-electron chi connectivity index (χ2n) is 4.45. The van der Waals surface area contributed by atoms with E-state index in [4.69, 9.17) is 15.4 Å². The number of carboxylic acids is 1. The first kappa shape index (κ1) is 6.89. The van der Waals surface area contributed by atoms with E-state index in [0.29, 0.717) is 0 Å². The number of fused-ring (bicyclic) bond motifs is 2. The average Bonchev–Trinajstić information content (AvgIpc) is 2.58. The van der Waals surface area contributed by atoms with Crippen LogP contribution in [0.25, 0.3) is 21.9 Å². The lowest BCUT2D eigenvalue weighted by atomic mass is 10.0. The highest BCUT2D eigenvalue weighted by atomic mass is 16.4. The van der Waals surface area contributed by atoms with Crippen molar-refractivity contribution in [1.29, 1.82) is 0 Å². The Morgan fingerprint density at radius 3 is 2.90 bits per heavy atom. The first-order valence-corrected chi connectivity index (χ1v) is 5.95. The Morgan fingerprint density at radius 1 is 1.38 bits per heavy atom. The molecule has 0 radical (unpaired) electrons. The van der Waals surface area contributed by atoms with Crippen molar-refractivity contribution in [2.24, 2.45) is 0 Å². The maximum Gasteiger partial charge on any atom is 0.307 e. The Labute approximate surface area is 131 Å². The molecular weight excluding hydrogens is 268 g/mol. The fourth-order valence-corrected chi connectivity index (χ4v) is 2.05. The van der Waals surface area contributed by atoms with E-state index < -0.39 is 64.9 Å². The zero-order valence-electron chi connectivity index (χ0n) is 18.8. The molecule has 0 bridgehead atoms. The van der Waals surface area contributed by atoms with Gasteiger partial charge in [0.05, 0.1) is 21.3 Å². The van der Waals surface area contributed by atoms with Gasteiger partial charge in [0.1, 0.15) is 11.2 Å². The number of para-hydroxylation sites is 1. The molecule has 0 amide bonds. The largest absolute Gasteiger partial charge is 0.481 e. The predicted molar refractivity (Wildman–Crippen MR) is 80.8 cm³/mol. The lowest BCUT2D eigenvalue weighted by molar-refractivity contribution is -0.136. The zero-order chi connectivity index (χ0) is 22.0. The Bertz CT molecular complexity index is 1260. The van der Waals surface area contributed by atoms with Gasteiger partial charge in [-0.2, -0.15) is 0 Å². The Hall–Kier alpha value is -2.62. The van der Waals surface area contributed by atoms with Gasteiger partial charge < -0.3 is 9.52 Å². The van der Waals surface area contributed by atoms with Crippen molar-refractivity contribution < 1.29 is 25.3 Å². The van der Waals surface area contributed by atoms with E-state index in [2.05, 4.69) is 0 Å². The highest BCUT2D eigenvalue weighted by Crippen LogP contribution is 2.25. The van der Waals surface area contributed by atoms with E-state index in [-0.39, 0.29) is 16.5 Å². The molecular formula is C17H14O4. The normalized spacial score (nSPS) is 18.0. The van der Waals surface area contributed by atoms with Crippen LogP contribution in [-0.4, -0.2) is 11.1 Å².